The Bertz CT molecular complexity index is 707. The van der Waals surface area contributed by atoms with Crippen molar-refractivity contribution in [2.24, 2.45) is 4.99 Å². The number of aromatic nitrogens is 4. The van der Waals surface area contributed by atoms with Crippen molar-refractivity contribution in [2.45, 2.75) is 13.8 Å². The van der Waals surface area contributed by atoms with E-state index in [0.717, 1.165) is 11.5 Å². The minimum absolute atomic E-state index is 0.156. The van der Waals surface area contributed by atoms with E-state index in [2.05, 4.69) is 19.7 Å². The normalized spacial score (nSPS) is 11.6. The molecule has 0 aliphatic carbocycles. The molecule has 0 aliphatic heterocycles. The standard InChI is InChI=1S/C10H11N5O4S/c1-3-18-8(16)6-5-11-15-7(6)13-14-20-9(15)12-10(17)19-4-2/h5H,3-4H2,1-2H3. The Hall–Kier alpha value is -2.36. The van der Waals surface area contributed by atoms with E-state index in [-0.39, 0.29) is 29.2 Å². The molecule has 0 unspecified atom stereocenters. The molecule has 0 atom stereocenters. The molecule has 0 spiro atoms. The SMILES string of the molecule is CCOC(=O)N=c1snnc2c(C(=O)OCC)cnn12. The first-order valence-corrected chi connectivity index (χ1v) is 6.53. The second kappa shape index (κ2) is 6.19. The second-order valence-electron chi connectivity index (χ2n) is 3.38. The lowest BCUT2D eigenvalue weighted by Gasteiger charge is -1.98. The van der Waals surface area contributed by atoms with Crippen molar-refractivity contribution in [3.8, 4) is 0 Å². The summed E-state index contributed by atoms with van der Waals surface area (Å²) in [5, 5.41) is 7.77. The zero-order chi connectivity index (χ0) is 14.5. The lowest BCUT2D eigenvalue weighted by atomic mass is 10.3. The van der Waals surface area contributed by atoms with Crippen LogP contribution in [0.15, 0.2) is 11.2 Å². The Morgan fingerprint density at radius 3 is 2.80 bits per heavy atom. The van der Waals surface area contributed by atoms with E-state index in [1.807, 2.05) is 0 Å². The third-order valence-corrected chi connectivity index (χ3v) is 2.72. The highest BCUT2D eigenvalue weighted by molar-refractivity contribution is 7.02. The quantitative estimate of drug-likeness (QED) is 0.755. The highest BCUT2D eigenvalue weighted by Crippen LogP contribution is 2.06. The summed E-state index contributed by atoms with van der Waals surface area (Å²) in [6.45, 7) is 3.81. The molecule has 0 fully saturated rings. The van der Waals surface area contributed by atoms with E-state index in [0.29, 0.717) is 0 Å². The van der Waals surface area contributed by atoms with Gasteiger partial charge in [-0.25, -0.2) is 9.59 Å². The smallest absolute Gasteiger partial charge is 0.436 e. The van der Waals surface area contributed by atoms with Gasteiger partial charge in [-0.2, -0.15) is 9.61 Å². The van der Waals surface area contributed by atoms with Crippen LogP contribution in [0.25, 0.3) is 5.65 Å². The minimum Gasteiger partial charge on any atom is -0.462 e. The fourth-order valence-electron chi connectivity index (χ4n) is 1.37. The molecule has 2 rings (SSSR count). The summed E-state index contributed by atoms with van der Waals surface area (Å²) >= 11 is 0.854. The maximum Gasteiger partial charge on any atom is 0.436 e. The molecule has 0 N–H and O–H groups in total. The van der Waals surface area contributed by atoms with E-state index < -0.39 is 12.1 Å². The number of hydrogen-bond acceptors (Lipinski definition) is 8. The monoisotopic (exact) mass is 297 g/mol. The van der Waals surface area contributed by atoms with E-state index in [1.54, 1.807) is 13.8 Å². The lowest BCUT2D eigenvalue weighted by Crippen LogP contribution is -2.17. The molecule has 0 saturated carbocycles. The minimum atomic E-state index is -0.758. The molecule has 20 heavy (non-hydrogen) atoms. The van der Waals surface area contributed by atoms with Gasteiger partial charge in [0.2, 0.25) is 4.80 Å². The molecule has 0 aliphatic rings. The Morgan fingerprint density at radius 2 is 2.10 bits per heavy atom. The number of carbonyl (C=O) groups excluding carboxylic acids is 2. The number of esters is 1. The summed E-state index contributed by atoms with van der Waals surface area (Å²) in [6, 6.07) is 0. The summed E-state index contributed by atoms with van der Waals surface area (Å²) < 4.78 is 14.5. The van der Waals surface area contributed by atoms with Gasteiger partial charge in [0.15, 0.2) is 5.65 Å². The Kier molecular flexibility index (Phi) is 4.35. The molecule has 0 bridgehead atoms. The Morgan fingerprint density at radius 1 is 1.35 bits per heavy atom. The van der Waals surface area contributed by atoms with Gasteiger partial charge >= 0.3 is 12.1 Å². The number of hydrogen-bond donors (Lipinski definition) is 0. The molecule has 1 amide bonds. The number of nitrogens with zero attached hydrogens (tertiary/aromatic N) is 5. The fraction of sp³-hybridized carbons (Fsp3) is 0.400. The van der Waals surface area contributed by atoms with Gasteiger partial charge in [0.25, 0.3) is 0 Å². The molecule has 2 aromatic rings. The molecule has 9 nitrogen and oxygen atoms in total. The molecule has 0 aromatic carbocycles. The van der Waals surface area contributed by atoms with Crippen molar-refractivity contribution in [3.05, 3.63) is 16.6 Å². The summed E-state index contributed by atoms with van der Waals surface area (Å²) in [5.74, 6) is -0.560. The van der Waals surface area contributed by atoms with E-state index in [9.17, 15) is 9.59 Å². The average molecular weight is 297 g/mol. The van der Waals surface area contributed by atoms with E-state index in [4.69, 9.17) is 9.47 Å². The van der Waals surface area contributed by atoms with Crippen molar-refractivity contribution < 1.29 is 19.1 Å². The Labute approximate surface area is 117 Å². The van der Waals surface area contributed by atoms with Crippen molar-refractivity contribution in [1.29, 1.82) is 0 Å². The van der Waals surface area contributed by atoms with Crippen LogP contribution in [0.4, 0.5) is 4.79 Å². The van der Waals surface area contributed by atoms with Gasteiger partial charge in [-0.15, -0.1) is 10.1 Å². The van der Waals surface area contributed by atoms with Crippen LogP contribution in [0, 0.1) is 0 Å². The van der Waals surface area contributed by atoms with Gasteiger partial charge in [-0.3, -0.25) is 0 Å². The van der Waals surface area contributed by atoms with E-state index >= 15 is 0 Å². The number of fused-ring (bicyclic) bond motifs is 1. The largest absolute Gasteiger partial charge is 0.462 e. The predicted molar refractivity (Wildman–Crippen MR) is 67.2 cm³/mol. The zero-order valence-corrected chi connectivity index (χ0v) is 11.6. The number of amides is 1. The predicted octanol–water partition coefficient (Wildman–Crippen LogP) is 0.420. The third-order valence-electron chi connectivity index (χ3n) is 2.13. The zero-order valence-electron chi connectivity index (χ0n) is 10.8. The molecular formula is C10H11N5O4S. The molecule has 2 heterocycles. The molecule has 0 saturated heterocycles. The molecule has 10 heteroatoms. The summed E-state index contributed by atoms with van der Waals surface area (Å²) in [7, 11) is 0. The highest BCUT2D eigenvalue weighted by Gasteiger charge is 2.16. The van der Waals surface area contributed by atoms with Crippen LogP contribution >= 0.6 is 11.5 Å². The van der Waals surface area contributed by atoms with Crippen LogP contribution in [0.3, 0.4) is 0 Å². The van der Waals surface area contributed by atoms with Gasteiger partial charge in [-0.1, -0.05) is 4.49 Å². The molecule has 2 aromatic heterocycles. The number of carbonyl (C=O) groups is 2. The molecular weight excluding hydrogens is 286 g/mol. The van der Waals surface area contributed by atoms with Gasteiger partial charge < -0.3 is 9.47 Å². The van der Waals surface area contributed by atoms with Crippen molar-refractivity contribution >= 4 is 29.2 Å². The summed E-state index contributed by atoms with van der Waals surface area (Å²) in [6.07, 6.45) is 0.532. The summed E-state index contributed by atoms with van der Waals surface area (Å²) in [5.41, 5.74) is 0.331. The lowest BCUT2D eigenvalue weighted by molar-refractivity contribution is 0.0528. The van der Waals surface area contributed by atoms with Crippen molar-refractivity contribution in [3.63, 3.8) is 0 Å². The maximum atomic E-state index is 11.7. The molecule has 106 valence electrons. The third kappa shape index (κ3) is 2.79. The van der Waals surface area contributed by atoms with Crippen LogP contribution in [0.1, 0.15) is 24.2 Å². The summed E-state index contributed by atoms with van der Waals surface area (Å²) in [4.78, 5) is 26.9. The number of ether oxygens (including phenoxy) is 2. The van der Waals surface area contributed by atoms with E-state index in [1.165, 1.54) is 10.7 Å². The van der Waals surface area contributed by atoms with Crippen LogP contribution in [-0.4, -0.2) is 44.5 Å². The Balaban J connectivity index is 2.50. The fourth-order valence-corrected chi connectivity index (χ4v) is 1.88. The first kappa shape index (κ1) is 14.1. The van der Waals surface area contributed by atoms with Gasteiger partial charge in [-0.05, 0) is 13.8 Å². The van der Waals surface area contributed by atoms with Crippen LogP contribution < -0.4 is 4.80 Å². The van der Waals surface area contributed by atoms with Gasteiger partial charge in [0, 0.05) is 11.5 Å². The van der Waals surface area contributed by atoms with Gasteiger partial charge in [0.05, 0.1) is 19.4 Å². The van der Waals surface area contributed by atoms with Gasteiger partial charge in [0.1, 0.15) is 5.56 Å². The average Bonchev–Trinajstić information content (AvgIpc) is 2.84. The first-order valence-electron chi connectivity index (χ1n) is 5.76. The number of rotatable bonds is 3. The van der Waals surface area contributed by atoms with Crippen molar-refractivity contribution in [2.75, 3.05) is 13.2 Å². The first-order chi connectivity index (χ1) is 9.67. The van der Waals surface area contributed by atoms with Crippen LogP contribution in [0.5, 0.6) is 0 Å². The maximum absolute atomic E-state index is 11.7. The highest BCUT2D eigenvalue weighted by atomic mass is 32.1. The van der Waals surface area contributed by atoms with Crippen LogP contribution in [0.2, 0.25) is 0 Å². The topological polar surface area (TPSA) is 108 Å². The molecule has 0 radical (unpaired) electrons. The van der Waals surface area contributed by atoms with Crippen molar-refractivity contribution in [1.82, 2.24) is 19.2 Å². The second-order valence-corrected chi connectivity index (χ2v) is 4.09. The van der Waals surface area contributed by atoms with Crippen LogP contribution in [-0.2, 0) is 9.47 Å².